The number of benzene rings is 1. The summed E-state index contributed by atoms with van der Waals surface area (Å²) in [5, 5.41) is 3.49. The Morgan fingerprint density at radius 3 is 2.90 bits per heavy atom. The van der Waals surface area contributed by atoms with Crippen molar-refractivity contribution in [2.75, 3.05) is 40.3 Å². The SMILES string of the molecule is CN=C(NCCCCN1CCCC(C)C1)N(C)Cc1ncc(-c2ccccc2)[nH]1. The van der Waals surface area contributed by atoms with Crippen molar-refractivity contribution >= 4 is 5.96 Å². The normalized spacial score (nSPS) is 18.0. The maximum atomic E-state index is 4.53. The largest absolute Gasteiger partial charge is 0.356 e. The minimum Gasteiger partial charge on any atom is -0.356 e. The minimum absolute atomic E-state index is 0.693. The molecular formula is C23H36N6. The molecule has 1 aromatic heterocycles. The first-order valence-corrected chi connectivity index (χ1v) is 10.9. The molecule has 1 fully saturated rings. The van der Waals surface area contributed by atoms with E-state index < -0.39 is 0 Å². The van der Waals surface area contributed by atoms with E-state index in [9.17, 15) is 0 Å². The Hall–Kier alpha value is -2.34. The summed E-state index contributed by atoms with van der Waals surface area (Å²) in [6, 6.07) is 10.3. The van der Waals surface area contributed by atoms with Gasteiger partial charge in [0.25, 0.3) is 0 Å². The number of piperidine rings is 1. The van der Waals surface area contributed by atoms with Crippen LogP contribution in [0.4, 0.5) is 0 Å². The summed E-state index contributed by atoms with van der Waals surface area (Å²) in [5.41, 5.74) is 2.20. The predicted octanol–water partition coefficient (Wildman–Crippen LogP) is 3.60. The van der Waals surface area contributed by atoms with Gasteiger partial charge >= 0.3 is 0 Å². The van der Waals surface area contributed by atoms with Crippen molar-refractivity contribution < 1.29 is 0 Å². The monoisotopic (exact) mass is 396 g/mol. The minimum atomic E-state index is 0.693. The van der Waals surface area contributed by atoms with Gasteiger partial charge in [0.2, 0.25) is 0 Å². The molecule has 1 atom stereocenters. The third-order valence-corrected chi connectivity index (χ3v) is 5.60. The molecule has 2 aromatic rings. The molecule has 6 heteroatoms. The first kappa shape index (κ1) is 21.4. The quantitative estimate of drug-likeness (QED) is 0.407. The topological polar surface area (TPSA) is 59.6 Å². The van der Waals surface area contributed by atoms with Crippen LogP contribution in [-0.4, -0.2) is 66.0 Å². The first-order chi connectivity index (χ1) is 14.2. The lowest BCUT2D eigenvalue weighted by Crippen LogP contribution is -2.39. The molecule has 1 unspecified atom stereocenters. The molecule has 1 aliphatic rings. The Balaban J connectivity index is 1.39. The zero-order chi connectivity index (χ0) is 20.5. The summed E-state index contributed by atoms with van der Waals surface area (Å²) >= 11 is 0. The van der Waals surface area contributed by atoms with E-state index in [1.54, 1.807) is 0 Å². The van der Waals surface area contributed by atoms with Crippen LogP contribution in [-0.2, 0) is 6.54 Å². The van der Waals surface area contributed by atoms with Gasteiger partial charge in [-0.3, -0.25) is 4.99 Å². The lowest BCUT2D eigenvalue weighted by Gasteiger charge is -2.30. The van der Waals surface area contributed by atoms with Crippen molar-refractivity contribution in [1.29, 1.82) is 0 Å². The Morgan fingerprint density at radius 2 is 2.14 bits per heavy atom. The zero-order valence-corrected chi connectivity index (χ0v) is 18.2. The van der Waals surface area contributed by atoms with Crippen molar-refractivity contribution in [3.8, 4) is 11.3 Å². The van der Waals surface area contributed by atoms with Crippen molar-refractivity contribution in [3.63, 3.8) is 0 Å². The number of unbranched alkanes of at least 4 members (excludes halogenated alkanes) is 1. The second-order valence-corrected chi connectivity index (χ2v) is 8.19. The molecule has 2 N–H and O–H groups in total. The van der Waals surface area contributed by atoms with E-state index >= 15 is 0 Å². The molecular weight excluding hydrogens is 360 g/mol. The molecule has 0 spiro atoms. The molecule has 0 amide bonds. The number of likely N-dealkylation sites (tertiary alicyclic amines) is 1. The number of imidazole rings is 1. The molecule has 0 saturated carbocycles. The smallest absolute Gasteiger partial charge is 0.193 e. The number of rotatable bonds is 8. The van der Waals surface area contributed by atoms with E-state index in [1.807, 2.05) is 31.4 Å². The fourth-order valence-electron chi connectivity index (χ4n) is 4.04. The van der Waals surface area contributed by atoms with Gasteiger partial charge in [0, 0.05) is 27.2 Å². The van der Waals surface area contributed by atoms with Crippen molar-refractivity contribution in [2.45, 2.75) is 39.2 Å². The number of nitrogens with zero attached hydrogens (tertiary/aromatic N) is 4. The van der Waals surface area contributed by atoms with Crippen LogP contribution in [0.15, 0.2) is 41.5 Å². The van der Waals surface area contributed by atoms with Gasteiger partial charge in [-0.1, -0.05) is 37.3 Å². The van der Waals surface area contributed by atoms with E-state index in [0.29, 0.717) is 6.54 Å². The summed E-state index contributed by atoms with van der Waals surface area (Å²) in [4.78, 5) is 17.1. The number of hydrogen-bond acceptors (Lipinski definition) is 3. The summed E-state index contributed by atoms with van der Waals surface area (Å²) in [5.74, 6) is 2.71. The molecule has 0 aliphatic carbocycles. The second kappa shape index (κ2) is 11.0. The molecule has 158 valence electrons. The number of nitrogens with one attached hydrogen (secondary N) is 2. The molecule has 0 radical (unpaired) electrons. The molecule has 29 heavy (non-hydrogen) atoms. The van der Waals surface area contributed by atoms with Gasteiger partial charge in [-0.05, 0) is 50.3 Å². The van der Waals surface area contributed by atoms with Crippen molar-refractivity contribution in [3.05, 3.63) is 42.4 Å². The van der Waals surface area contributed by atoms with Gasteiger partial charge in [0.15, 0.2) is 5.96 Å². The number of aromatic nitrogens is 2. The standard InChI is InChI=1S/C23H36N6/c1-19-10-9-15-29(17-19)14-8-7-13-25-23(24-2)28(3)18-22-26-16-21(27-22)20-11-5-4-6-12-20/h4-6,11-12,16,19H,7-10,13-15,17-18H2,1-3H3,(H,24,25)(H,26,27). The molecule has 0 bridgehead atoms. The van der Waals surface area contributed by atoms with E-state index in [-0.39, 0.29) is 0 Å². The number of hydrogen-bond donors (Lipinski definition) is 2. The molecule has 3 rings (SSSR count). The Morgan fingerprint density at radius 1 is 1.31 bits per heavy atom. The summed E-state index contributed by atoms with van der Waals surface area (Å²) in [7, 11) is 3.89. The number of aromatic amines is 1. The fourth-order valence-corrected chi connectivity index (χ4v) is 4.04. The van der Waals surface area contributed by atoms with E-state index in [1.165, 1.54) is 38.9 Å². The zero-order valence-electron chi connectivity index (χ0n) is 18.2. The average Bonchev–Trinajstić information content (AvgIpc) is 3.20. The van der Waals surface area contributed by atoms with Gasteiger partial charge in [-0.2, -0.15) is 0 Å². The van der Waals surface area contributed by atoms with Gasteiger partial charge in [0.05, 0.1) is 18.4 Å². The molecule has 6 nitrogen and oxygen atoms in total. The Bertz CT molecular complexity index is 754. The molecule has 1 aromatic carbocycles. The summed E-state index contributed by atoms with van der Waals surface area (Å²) < 4.78 is 0. The van der Waals surface area contributed by atoms with Crippen LogP contribution < -0.4 is 5.32 Å². The van der Waals surface area contributed by atoms with E-state index in [0.717, 1.165) is 41.9 Å². The van der Waals surface area contributed by atoms with Crippen LogP contribution in [0.3, 0.4) is 0 Å². The lowest BCUT2D eigenvalue weighted by molar-refractivity contribution is 0.181. The predicted molar refractivity (Wildman–Crippen MR) is 121 cm³/mol. The van der Waals surface area contributed by atoms with Gasteiger partial charge < -0.3 is 20.1 Å². The highest BCUT2D eigenvalue weighted by Gasteiger charge is 2.15. The third kappa shape index (κ3) is 6.60. The highest BCUT2D eigenvalue weighted by atomic mass is 15.3. The number of guanidine groups is 1. The van der Waals surface area contributed by atoms with Crippen LogP contribution in [0.5, 0.6) is 0 Å². The van der Waals surface area contributed by atoms with Crippen molar-refractivity contribution in [1.82, 2.24) is 25.1 Å². The van der Waals surface area contributed by atoms with Crippen LogP contribution in [0.2, 0.25) is 0 Å². The molecule has 1 saturated heterocycles. The van der Waals surface area contributed by atoms with E-state index in [4.69, 9.17) is 0 Å². The fraction of sp³-hybridized carbons (Fsp3) is 0.565. The number of aliphatic imine (C=N–C) groups is 1. The molecule has 2 heterocycles. The summed E-state index contributed by atoms with van der Waals surface area (Å²) in [6.45, 7) is 7.78. The van der Waals surface area contributed by atoms with Crippen LogP contribution in [0.25, 0.3) is 11.3 Å². The van der Waals surface area contributed by atoms with Gasteiger partial charge in [-0.15, -0.1) is 0 Å². The summed E-state index contributed by atoms with van der Waals surface area (Å²) in [6.07, 6.45) is 7.05. The Labute approximate surface area is 175 Å². The highest BCUT2D eigenvalue weighted by molar-refractivity contribution is 5.79. The van der Waals surface area contributed by atoms with Crippen molar-refractivity contribution in [2.24, 2.45) is 10.9 Å². The highest BCUT2D eigenvalue weighted by Crippen LogP contribution is 2.17. The third-order valence-electron chi connectivity index (χ3n) is 5.60. The van der Waals surface area contributed by atoms with Crippen LogP contribution in [0.1, 0.15) is 38.4 Å². The average molecular weight is 397 g/mol. The number of H-pyrrole nitrogens is 1. The maximum absolute atomic E-state index is 4.53. The van der Waals surface area contributed by atoms with Gasteiger partial charge in [0.1, 0.15) is 5.82 Å². The first-order valence-electron chi connectivity index (χ1n) is 10.9. The molecule has 1 aliphatic heterocycles. The van der Waals surface area contributed by atoms with Gasteiger partial charge in [-0.25, -0.2) is 4.98 Å². The van der Waals surface area contributed by atoms with Crippen LogP contribution in [0, 0.1) is 5.92 Å². The second-order valence-electron chi connectivity index (χ2n) is 8.19. The van der Waals surface area contributed by atoms with Crippen LogP contribution >= 0.6 is 0 Å². The van der Waals surface area contributed by atoms with E-state index in [2.05, 4.69) is 56.2 Å². The Kier molecular flexibility index (Phi) is 8.11. The lowest BCUT2D eigenvalue weighted by atomic mass is 10.0. The maximum Gasteiger partial charge on any atom is 0.193 e.